The molecule has 2 rings (SSSR count). The minimum absolute atomic E-state index is 0.255. The van der Waals surface area contributed by atoms with Crippen molar-refractivity contribution in [3.63, 3.8) is 0 Å². The molecule has 10 heteroatoms. The number of nitro benzene ring substituents is 1. The van der Waals surface area contributed by atoms with Crippen LogP contribution in [0.3, 0.4) is 0 Å². The lowest BCUT2D eigenvalue weighted by Crippen LogP contribution is -2.46. The summed E-state index contributed by atoms with van der Waals surface area (Å²) in [4.78, 5) is 20.5. The van der Waals surface area contributed by atoms with Crippen LogP contribution in [0.25, 0.3) is 0 Å². The van der Waals surface area contributed by atoms with Crippen molar-refractivity contribution in [3.8, 4) is 0 Å². The summed E-state index contributed by atoms with van der Waals surface area (Å²) in [5, 5.41) is 30.9. The van der Waals surface area contributed by atoms with Crippen LogP contribution in [0.2, 0.25) is 0 Å². The van der Waals surface area contributed by atoms with Crippen LogP contribution in [0.5, 0.6) is 0 Å². The van der Waals surface area contributed by atoms with Crippen LogP contribution in [-0.4, -0.2) is 47.4 Å². The zero-order valence-electron chi connectivity index (χ0n) is 10.6. The number of sulfonamides is 1. The van der Waals surface area contributed by atoms with Crippen LogP contribution in [-0.2, 0) is 14.8 Å². The van der Waals surface area contributed by atoms with E-state index < -0.39 is 33.1 Å². The summed E-state index contributed by atoms with van der Waals surface area (Å²) in [6.45, 7) is -0.363. The highest BCUT2D eigenvalue weighted by molar-refractivity contribution is 7.89. The molecule has 0 saturated carbocycles. The number of aliphatic hydroxyl groups excluding tert-OH is 1. The first-order valence-electron chi connectivity index (χ1n) is 5.88. The van der Waals surface area contributed by atoms with Crippen molar-refractivity contribution in [1.29, 1.82) is 0 Å². The predicted octanol–water partition coefficient (Wildman–Crippen LogP) is -1.53. The van der Waals surface area contributed by atoms with E-state index in [0.29, 0.717) is 4.31 Å². The molecule has 1 N–H and O–H groups in total. The van der Waals surface area contributed by atoms with Gasteiger partial charge in [-0.3, -0.25) is 10.1 Å². The number of nitro groups is 1. The van der Waals surface area contributed by atoms with Gasteiger partial charge in [-0.25, -0.2) is 8.42 Å². The molecule has 1 aliphatic heterocycles. The van der Waals surface area contributed by atoms with Gasteiger partial charge in [0.1, 0.15) is 0 Å². The van der Waals surface area contributed by atoms with Gasteiger partial charge in [-0.1, -0.05) is 0 Å². The van der Waals surface area contributed by atoms with Gasteiger partial charge in [-0.15, -0.1) is 0 Å². The van der Waals surface area contributed by atoms with Gasteiger partial charge in [0.05, 0.1) is 27.9 Å². The Morgan fingerprint density at radius 3 is 2.38 bits per heavy atom. The molecular weight excluding hydrogens is 304 g/mol. The largest absolute Gasteiger partial charge is 0.548 e. The average molecular weight is 315 g/mol. The van der Waals surface area contributed by atoms with Crippen molar-refractivity contribution >= 4 is 21.7 Å². The third-order valence-electron chi connectivity index (χ3n) is 3.16. The molecule has 0 radical (unpaired) electrons. The summed E-state index contributed by atoms with van der Waals surface area (Å²) in [5.74, 6) is -1.60. The van der Waals surface area contributed by atoms with Crippen molar-refractivity contribution in [3.05, 3.63) is 34.4 Å². The van der Waals surface area contributed by atoms with Crippen LogP contribution < -0.4 is 5.11 Å². The summed E-state index contributed by atoms with van der Waals surface area (Å²) >= 11 is 0. The zero-order valence-corrected chi connectivity index (χ0v) is 11.4. The second-order valence-electron chi connectivity index (χ2n) is 4.55. The Labute approximate surface area is 119 Å². The fraction of sp³-hybridized carbons (Fsp3) is 0.364. The highest BCUT2D eigenvalue weighted by Gasteiger charge is 2.40. The molecule has 0 bridgehead atoms. The van der Waals surface area contributed by atoms with Gasteiger partial charge in [0, 0.05) is 18.7 Å². The lowest BCUT2D eigenvalue weighted by Gasteiger charge is -2.24. The fourth-order valence-corrected chi connectivity index (χ4v) is 3.77. The lowest BCUT2D eigenvalue weighted by molar-refractivity contribution is -0.384. The molecule has 1 fully saturated rings. The molecule has 1 aromatic carbocycles. The van der Waals surface area contributed by atoms with Crippen molar-refractivity contribution in [2.45, 2.75) is 23.5 Å². The molecule has 1 aliphatic rings. The van der Waals surface area contributed by atoms with Crippen molar-refractivity contribution in [2.75, 3.05) is 6.54 Å². The molecule has 1 heterocycles. The number of β-amino-alcohol motifs (C(OH)–C–C–N with tert-alkyl or cyclic N) is 1. The quantitative estimate of drug-likeness (QED) is 0.524. The normalized spacial score (nSPS) is 23.1. The van der Waals surface area contributed by atoms with Gasteiger partial charge in [-0.05, 0) is 18.6 Å². The standard InChI is InChI=1S/C11H12N2O7S/c14-8-5-10(11(15)16)12(6-8)21(19,20)9-3-1-7(2-4-9)13(17)18/h1-4,8,10,14H,5-6H2,(H,15,16)/p-1/t8-,10-/m0/s1. The summed E-state index contributed by atoms with van der Waals surface area (Å²) in [7, 11) is -4.18. The number of nitrogens with zero attached hydrogens (tertiary/aromatic N) is 2. The maximum Gasteiger partial charge on any atom is 0.269 e. The molecule has 114 valence electrons. The molecule has 1 saturated heterocycles. The average Bonchev–Trinajstić information content (AvgIpc) is 2.82. The van der Waals surface area contributed by atoms with E-state index in [2.05, 4.69) is 0 Å². The van der Waals surface area contributed by atoms with Crippen LogP contribution in [0.1, 0.15) is 6.42 Å². The summed E-state index contributed by atoms with van der Waals surface area (Å²) in [6, 6.07) is 2.59. The van der Waals surface area contributed by atoms with E-state index in [1.165, 1.54) is 0 Å². The van der Waals surface area contributed by atoms with Gasteiger partial charge in [-0.2, -0.15) is 4.31 Å². The van der Waals surface area contributed by atoms with Crippen molar-refractivity contribution < 1.29 is 28.3 Å². The van der Waals surface area contributed by atoms with E-state index in [-0.39, 0.29) is 23.5 Å². The van der Waals surface area contributed by atoms with Gasteiger partial charge in [0.2, 0.25) is 10.0 Å². The fourth-order valence-electron chi connectivity index (χ4n) is 2.14. The first-order chi connectivity index (χ1) is 9.73. The monoisotopic (exact) mass is 315 g/mol. The second-order valence-corrected chi connectivity index (χ2v) is 6.44. The number of carbonyl (C=O) groups excluding carboxylic acids is 1. The van der Waals surface area contributed by atoms with E-state index in [9.17, 15) is 33.5 Å². The molecule has 0 unspecified atom stereocenters. The molecule has 21 heavy (non-hydrogen) atoms. The maximum atomic E-state index is 12.3. The summed E-state index contributed by atoms with van der Waals surface area (Å²) in [5.41, 5.74) is -0.285. The number of aliphatic hydroxyl groups is 1. The molecule has 0 aliphatic carbocycles. The number of benzene rings is 1. The Kier molecular flexibility index (Phi) is 3.94. The van der Waals surface area contributed by atoms with E-state index in [1.54, 1.807) is 0 Å². The number of aliphatic carboxylic acids is 1. The number of non-ortho nitro benzene ring substituents is 1. The summed E-state index contributed by atoms with van der Waals surface area (Å²) in [6.07, 6.45) is -1.35. The summed E-state index contributed by atoms with van der Waals surface area (Å²) < 4.78 is 25.3. The minimum atomic E-state index is -4.18. The Morgan fingerprint density at radius 1 is 1.33 bits per heavy atom. The molecule has 2 atom stereocenters. The topological polar surface area (TPSA) is 141 Å². The number of rotatable bonds is 4. The van der Waals surface area contributed by atoms with Gasteiger partial charge in [0.15, 0.2) is 0 Å². The second kappa shape index (κ2) is 5.39. The Morgan fingerprint density at radius 2 is 1.90 bits per heavy atom. The Balaban J connectivity index is 2.37. The Hall–Kier alpha value is -2.04. The van der Waals surface area contributed by atoms with E-state index in [1.807, 2.05) is 0 Å². The first kappa shape index (κ1) is 15.4. The lowest BCUT2D eigenvalue weighted by atomic mass is 10.2. The maximum absolute atomic E-state index is 12.3. The van der Waals surface area contributed by atoms with Crippen molar-refractivity contribution in [2.24, 2.45) is 0 Å². The van der Waals surface area contributed by atoms with Crippen LogP contribution in [0.15, 0.2) is 29.2 Å². The molecule has 0 amide bonds. The third-order valence-corrected chi connectivity index (χ3v) is 5.05. The highest BCUT2D eigenvalue weighted by Crippen LogP contribution is 2.27. The van der Waals surface area contributed by atoms with E-state index >= 15 is 0 Å². The van der Waals surface area contributed by atoms with Crippen LogP contribution in [0, 0.1) is 10.1 Å². The number of hydrogen-bond acceptors (Lipinski definition) is 7. The predicted molar refractivity (Wildman–Crippen MR) is 66.4 cm³/mol. The number of hydrogen-bond donors (Lipinski definition) is 1. The Bertz CT molecular complexity index is 670. The van der Waals surface area contributed by atoms with Gasteiger partial charge < -0.3 is 15.0 Å². The highest BCUT2D eigenvalue weighted by atomic mass is 32.2. The number of carboxylic acids is 1. The van der Waals surface area contributed by atoms with E-state index in [4.69, 9.17) is 0 Å². The van der Waals surface area contributed by atoms with Gasteiger partial charge in [0.25, 0.3) is 5.69 Å². The molecule has 1 aromatic rings. The zero-order chi connectivity index (χ0) is 15.8. The molecule has 0 aromatic heterocycles. The van der Waals surface area contributed by atoms with Crippen LogP contribution in [0.4, 0.5) is 5.69 Å². The van der Waals surface area contributed by atoms with E-state index in [0.717, 1.165) is 24.3 Å². The SMILES string of the molecule is O=C([O-])[C@@H]1C[C@H](O)CN1S(=O)(=O)c1ccc([N+](=O)[O-])cc1. The minimum Gasteiger partial charge on any atom is -0.548 e. The molecule has 9 nitrogen and oxygen atoms in total. The van der Waals surface area contributed by atoms with Crippen molar-refractivity contribution in [1.82, 2.24) is 4.31 Å². The molecule has 0 spiro atoms. The smallest absolute Gasteiger partial charge is 0.269 e. The number of carbonyl (C=O) groups is 1. The first-order valence-corrected chi connectivity index (χ1v) is 7.32. The van der Waals surface area contributed by atoms with Gasteiger partial charge >= 0.3 is 0 Å². The van der Waals surface area contributed by atoms with Crippen LogP contribution >= 0.6 is 0 Å². The number of carboxylic acid groups (broad SMARTS) is 1. The third kappa shape index (κ3) is 2.86. The molecular formula is C11H11N2O7S-.